The van der Waals surface area contributed by atoms with E-state index in [4.69, 9.17) is 14.4 Å². The van der Waals surface area contributed by atoms with E-state index in [1.165, 1.54) is 12.1 Å². The minimum absolute atomic E-state index is 0.174. The Balaban J connectivity index is 2.24. The fourth-order valence-electron chi connectivity index (χ4n) is 1.67. The number of carboxylic acids is 1. The number of aromatic carboxylic acids is 1. The van der Waals surface area contributed by atoms with Gasteiger partial charge in [-0.15, -0.1) is 0 Å². The Bertz CT molecular complexity index is 624. The molecule has 20 heavy (non-hydrogen) atoms. The highest BCUT2D eigenvalue weighted by Crippen LogP contribution is 2.35. The summed E-state index contributed by atoms with van der Waals surface area (Å²) in [7, 11) is 0. The molecular weight excluding hydrogens is 394 g/mol. The molecule has 0 fully saturated rings. The number of hydrogen-bond acceptors (Lipinski definition) is 4. The quantitative estimate of drug-likeness (QED) is 0.830. The van der Waals surface area contributed by atoms with E-state index < -0.39 is 5.97 Å². The van der Waals surface area contributed by atoms with Crippen molar-refractivity contribution in [2.45, 2.75) is 20.5 Å². The molecule has 1 aromatic heterocycles. The Morgan fingerprint density at radius 1 is 1.35 bits per heavy atom. The number of carbonyl (C=O) groups is 1. The molecule has 0 saturated carbocycles. The van der Waals surface area contributed by atoms with Crippen molar-refractivity contribution in [1.29, 1.82) is 0 Å². The van der Waals surface area contributed by atoms with Crippen LogP contribution in [-0.2, 0) is 6.61 Å². The van der Waals surface area contributed by atoms with Crippen LogP contribution in [0, 0.1) is 13.8 Å². The molecule has 7 heteroatoms. The van der Waals surface area contributed by atoms with Gasteiger partial charge >= 0.3 is 5.97 Å². The van der Waals surface area contributed by atoms with E-state index in [0.717, 1.165) is 11.3 Å². The second kappa shape index (κ2) is 5.97. The topological polar surface area (TPSA) is 72.6 Å². The third-order valence-electron chi connectivity index (χ3n) is 2.79. The lowest BCUT2D eigenvalue weighted by Crippen LogP contribution is -2.01. The molecule has 0 radical (unpaired) electrons. The predicted molar refractivity (Wildman–Crippen MR) is 79.1 cm³/mol. The van der Waals surface area contributed by atoms with Gasteiger partial charge in [-0.05, 0) is 57.8 Å². The number of halogens is 2. The summed E-state index contributed by atoms with van der Waals surface area (Å²) in [5.41, 5.74) is 1.83. The molecule has 106 valence electrons. The van der Waals surface area contributed by atoms with E-state index in [2.05, 4.69) is 37.0 Å². The second-order valence-corrected chi connectivity index (χ2v) is 5.87. The summed E-state index contributed by atoms with van der Waals surface area (Å²) in [6.45, 7) is 3.95. The molecule has 2 rings (SSSR count). The van der Waals surface area contributed by atoms with Crippen LogP contribution in [0.4, 0.5) is 0 Å². The molecule has 1 aromatic carbocycles. The van der Waals surface area contributed by atoms with Gasteiger partial charge in [0.05, 0.1) is 25.8 Å². The molecule has 0 bridgehead atoms. The van der Waals surface area contributed by atoms with Crippen molar-refractivity contribution < 1.29 is 19.2 Å². The summed E-state index contributed by atoms with van der Waals surface area (Å²) in [6.07, 6.45) is 0. The minimum atomic E-state index is -0.997. The van der Waals surface area contributed by atoms with Gasteiger partial charge in [-0.3, -0.25) is 0 Å². The van der Waals surface area contributed by atoms with Crippen molar-refractivity contribution in [3.8, 4) is 5.75 Å². The van der Waals surface area contributed by atoms with E-state index in [1.807, 2.05) is 13.8 Å². The number of benzene rings is 1. The third kappa shape index (κ3) is 3.04. The van der Waals surface area contributed by atoms with Crippen molar-refractivity contribution >= 4 is 37.8 Å². The molecule has 0 spiro atoms. The first kappa shape index (κ1) is 15.1. The normalized spacial score (nSPS) is 10.6. The summed E-state index contributed by atoms with van der Waals surface area (Å²) in [4.78, 5) is 10.9. The van der Waals surface area contributed by atoms with Crippen molar-refractivity contribution in [3.63, 3.8) is 0 Å². The zero-order chi connectivity index (χ0) is 14.9. The molecular formula is C13H11Br2NO4. The summed E-state index contributed by atoms with van der Waals surface area (Å²) >= 11 is 6.62. The van der Waals surface area contributed by atoms with Crippen LogP contribution in [0.5, 0.6) is 5.75 Å². The second-order valence-electron chi connectivity index (χ2n) is 4.17. The van der Waals surface area contributed by atoms with E-state index in [9.17, 15) is 4.79 Å². The van der Waals surface area contributed by atoms with Crippen LogP contribution in [0.15, 0.2) is 25.6 Å². The molecule has 0 aliphatic heterocycles. The highest BCUT2D eigenvalue weighted by Gasteiger charge is 2.15. The molecule has 2 aromatic rings. The zero-order valence-electron chi connectivity index (χ0n) is 10.7. The maximum Gasteiger partial charge on any atom is 0.335 e. The minimum Gasteiger partial charge on any atom is -0.486 e. The Hall–Kier alpha value is -1.34. The highest BCUT2D eigenvalue weighted by atomic mass is 79.9. The molecule has 0 atom stereocenters. The number of nitrogens with zero attached hydrogens (tertiary/aromatic N) is 1. The summed E-state index contributed by atoms with van der Waals surface area (Å²) in [5.74, 6) is 0.246. The third-order valence-corrected chi connectivity index (χ3v) is 3.97. The van der Waals surface area contributed by atoms with Crippen LogP contribution in [0.1, 0.15) is 27.4 Å². The first-order valence-corrected chi connectivity index (χ1v) is 7.25. The van der Waals surface area contributed by atoms with Gasteiger partial charge in [0, 0.05) is 0 Å². The fraction of sp³-hybridized carbons (Fsp3) is 0.231. The maximum absolute atomic E-state index is 10.9. The van der Waals surface area contributed by atoms with Crippen molar-refractivity contribution in [2.24, 2.45) is 0 Å². The number of ether oxygens (including phenoxy) is 1. The first-order chi connectivity index (χ1) is 9.40. The largest absolute Gasteiger partial charge is 0.486 e. The SMILES string of the molecule is Cc1noc(C)c1COc1c(Br)cc(C(=O)O)cc1Br. The van der Waals surface area contributed by atoms with Crippen LogP contribution >= 0.6 is 31.9 Å². The number of aryl methyl sites for hydroxylation is 2. The monoisotopic (exact) mass is 403 g/mol. The maximum atomic E-state index is 10.9. The van der Waals surface area contributed by atoms with Crippen LogP contribution in [-0.4, -0.2) is 16.2 Å². The Morgan fingerprint density at radius 2 is 1.95 bits per heavy atom. The summed E-state index contributed by atoms with van der Waals surface area (Å²) in [5, 5.41) is 12.8. The van der Waals surface area contributed by atoms with Crippen LogP contribution in [0.25, 0.3) is 0 Å². The predicted octanol–water partition coefficient (Wildman–Crippen LogP) is 4.09. The molecule has 5 nitrogen and oxygen atoms in total. The van der Waals surface area contributed by atoms with Gasteiger partial charge < -0.3 is 14.4 Å². The van der Waals surface area contributed by atoms with Gasteiger partial charge in [-0.25, -0.2) is 4.79 Å². The molecule has 0 aliphatic rings. The van der Waals surface area contributed by atoms with E-state index >= 15 is 0 Å². The van der Waals surface area contributed by atoms with Gasteiger partial charge in [0.1, 0.15) is 18.1 Å². The summed E-state index contributed by atoms with van der Waals surface area (Å²) < 4.78 is 11.9. The van der Waals surface area contributed by atoms with Gasteiger partial charge in [-0.2, -0.15) is 0 Å². The van der Waals surface area contributed by atoms with E-state index in [0.29, 0.717) is 27.1 Å². The van der Waals surface area contributed by atoms with Gasteiger partial charge in [0.2, 0.25) is 0 Å². The Kier molecular flexibility index (Phi) is 4.49. The van der Waals surface area contributed by atoms with Gasteiger partial charge in [0.25, 0.3) is 0 Å². The highest BCUT2D eigenvalue weighted by molar-refractivity contribution is 9.11. The number of hydrogen-bond donors (Lipinski definition) is 1. The summed E-state index contributed by atoms with van der Waals surface area (Å²) in [6, 6.07) is 2.99. The van der Waals surface area contributed by atoms with Gasteiger partial charge in [0.15, 0.2) is 0 Å². The first-order valence-electron chi connectivity index (χ1n) is 5.67. The molecule has 0 aliphatic carbocycles. The molecule has 1 N–H and O–H groups in total. The lowest BCUT2D eigenvalue weighted by atomic mass is 10.2. The standard InChI is InChI=1S/C13H11Br2NO4/c1-6-9(7(2)20-16-6)5-19-12-10(14)3-8(13(17)18)4-11(12)15/h3-4H,5H2,1-2H3,(H,17,18). The Morgan fingerprint density at radius 3 is 2.40 bits per heavy atom. The molecule has 1 heterocycles. The van der Waals surface area contributed by atoms with E-state index in [1.54, 1.807) is 0 Å². The number of aromatic nitrogens is 1. The van der Waals surface area contributed by atoms with Gasteiger partial charge in [-0.1, -0.05) is 5.16 Å². The number of carboxylic acid groups (broad SMARTS) is 1. The van der Waals surface area contributed by atoms with E-state index in [-0.39, 0.29) is 5.56 Å². The van der Waals surface area contributed by atoms with Crippen LogP contribution < -0.4 is 4.74 Å². The smallest absolute Gasteiger partial charge is 0.335 e. The fourth-order valence-corrected chi connectivity index (χ4v) is 3.09. The van der Waals surface area contributed by atoms with Crippen molar-refractivity contribution in [1.82, 2.24) is 5.16 Å². The lowest BCUT2D eigenvalue weighted by Gasteiger charge is -2.11. The average Bonchev–Trinajstić information content (AvgIpc) is 2.68. The number of rotatable bonds is 4. The molecule has 0 amide bonds. The lowest BCUT2D eigenvalue weighted by molar-refractivity contribution is 0.0696. The van der Waals surface area contributed by atoms with Crippen LogP contribution in [0.2, 0.25) is 0 Å². The zero-order valence-corrected chi connectivity index (χ0v) is 13.9. The molecule has 0 saturated heterocycles. The van der Waals surface area contributed by atoms with Crippen LogP contribution in [0.3, 0.4) is 0 Å². The average molecular weight is 405 g/mol. The Labute approximate surface area is 132 Å². The molecule has 0 unspecified atom stereocenters. The van der Waals surface area contributed by atoms with Crippen molar-refractivity contribution in [2.75, 3.05) is 0 Å². The van der Waals surface area contributed by atoms with Crippen molar-refractivity contribution in [3.05, 3.63) is 43.7 Å².